The van der Waals surface area contributed by atoms with E-state index < -0.39 is 11.3 Å². The molecule has 0 heterocycles. The Morgan fingerprint density at radius 1 is 0.846 bits per heavy atom. The van der Waals surface area contributed by atoms with Crippen molar-refractivity contribution in [2.75, 3.05) is 10.6 Å². The van der Waals surface area contributed by atoms with Gasteiger partial charge in [-0.25, -0.2) is 0 Å². The summed E-state index contributed by atoms with van der Waals surface area (Å²) in [4.78, 5) is 36.6. The zero-order valence-corrected chi connectivity index (χ0v) is 15.8. The van der Waals surface area contributed by atoms with Crippen LogP contribution in [0.2, 0.25) is 0 Å². The second-order valence-corrected chi connectivity index (χ2v) is 6.91. The van der Waals surface area contributed by atoms with Crippen LogP contribution in [-0.4, -0.2) is 17.6 Å². The molecule has 2 rings (SSSR count). The Hall–Kier alpha value is -2.95. The Kier molecular flexibility index (Phi) is 5.60. The van der Waals surface area contributed by atoms with Gasteiger partial charge in [-0.1, -0.05) is 12.1 Å². The van der Waals surface area contributed by atoms with Crippen LogP contribution < -0.4 is 10.6 Å². The zero-order valence-electron chi connectivity index (χ0n) is 15.8. The van der Waals surface area contributed by atoms with Gasteiger partial charge in [0.05, 0.1) is 0 Å². The molecule has 136 valence electrons. The van der Waals surface area contributed by atoms with Gasteiger partial charge in [0.15, 0.2) is 5.78 Å². The van der Waals surface area contributed by atoms with Crippen molar-refractivity contribution in [3.63, 3.8) is 0 Å². The minimum atomic E-state index is -1.27. The third kappa shape index (κ3) is 4.17. The maximum atomic E-state index is 12.7. The van der Waals surface area contributed by atoms with Crippen LogP contribution in [0.3, 0.4) is 0 Å². The smallest absolute Gasteiger partial charge is 0.239 e. The molecule has 5 heteroatoms. The summed E-state index contributed by atoms with van der Waals surface area (Å²) in [5.41, 5.74) is 2.56. The molecule has 0 fully saturated rings. The number of hydrogen-bond acceptors (Lipinski definition) is 3. The normalized spacial score (nSPS) is 11.0. The molecule has 0 saturated carbocycles. The molecule has 0 saturated heterocycles. The number of aryl methyl sites for hydroxylation is 1. The molecular formula is C21H24N2O3. The van der Waals surface area contributed by atoms with Crippen LogP contribution in [0, 0.1) is 19.3 Å². The number of benzene rings is 2. The Balaban J connectivity index is 2.12. The van der Waals surface area contributed by atoms with Gasteiger partial charge in [0, 0.05) is 16.9 Å². The van der Waals surface area contributed by atoms with E-state index >= 15 is 0 Å². The van der Waals surface area contributed by atoms with Crippen molar-refractivity contribution in [1.82, 2.24) is 0 Å². The zero-order chi connectivity index (χ0) is 19.5. The number of nitrogens with one attached hydrogen (secondary N) is 2. The van der Waals surface area contributed by atoms with Crippen LogP contribution in [0.5, 0.6) is 0 Å². The molecule has 0 aliphatic heterocycles. The summed E-state index contributed by atoms with van der Waals surface area (Å²) in [6, 6.07) is 12.2. The van der Waals surface area contributed by atoms with Crippen molar-refractivity contribution in [2.45, 2.75) is 34.6 Å². The van der Waals surface area contributed by atoms with Crippen molar-refractivity contribution < 1.29 is 14.4 Å². The van der Waals surface area contributed by atoms with Crippen LogP contribution >= 0.6 is 0 Å². The van der Waals surface area contributed by atoms with Crippen molar-refractivity contribution in [2.24, 2.45) is 5.41 Å². The van der Waals surface area contributed by atoms with Gasteiger partial charge in [-0.3, -0.25) is 14.4 Å². The largest absolute Gasteiger partial charge is 0.325 e. The predicted molar refractivity (Wildman–Crippen MR) is 103 cm³/mol. The lowest BCUT2D eigenvalue weighted by Crippen LogP contribution is -2.41. The molecule has 0 aliphatic rings. The van der Waals surface area contributed by atoms with Crippen molar-refractivity contribution in [3.8, 4) is 0 Å². The van der Waals surface area contributed by atoms with Crippen LogP contribution in [0.25, 0.3) is 0 Å². The molecular weight excluding hydrogens is 328 g/mol. The fourth-order valence-electron chi connectivity index (χ4n) is 2.34. The molecule has 0 atom stereocenters. The third-order valence-corrected chi connectivity index (χ3v) is 4.54. The molecule has 0 aliphatic carbocycles. The van der Waals surface area contributed by atoms with Crippen molar-refractivity contribution in [3.05, 3.63) is 59.2 Å². The van der Waals surface area contributed by atoms with E-state index in [1.807, 2.05) is 32.0 Å². The molecule has 0 aromatic heterocycles. The fraction of sp³-hybridized carbons (Fsp3) is 0.286. The van der Waals surface area contributed by atoms with Crippen LogP contribution in [0.1, 0.15) is 42.3 Å². The number of carbonyl (C=O) groups is 3. The Morgan fingerprint density at radius 2 is 1.42 bits per heavy atom. The number of carbonyl (C=O) groups excluding carboxylic acids is 3. The molecule has 5 nitrogen and oxygen atoms in total. The summed E-state index contributed by atoms with van der Waals surface area (Å²) in [5.74, 6) is -0.851. The number of ketones is 1. The molecule has 0 spiro atoms. The average molecular weight is 352 g/mol. The van der Waals surface area contributed by atoms with Gasteiger partial charge in [-0.05, 0) is 76.1 Å². The first-order chi connectivity index (χ1) is 12.1. The molecule has 0 radical (unpaired) electrons. The maximum Gasteiger partial charge on any atom is 0.239 e. The molecule has 2 aromatic carbocycles. The highest BCUT2D eigenvalue weighted by Gasteiger charge is 2.36. The highest BCUT2D eigenvalue weighted by atomic mass is 16.2. The number of amides is 2. The number of anilines is 2. The van der Waals surface area contributed by atoms with Gasteiger partial charge in [-0.2, -0.15) is 0 Å². The van der Waals surface area contributed by atoms with Gasteiger partial charge in [-0.15, -0.1) is 0 Å². The van der Waals surface area contributed by atoms with E-state index in [0.717, 1.165) is 11.1 Å². The van der Waals surface area contributed by atoms with E-state index in [1.165, 1.54) is 6.92 Å². The first kappa shape index (κ1) is 19.4. The van der Waals surface area contributed by atoms with E-state index in [9.17, 15) is 14.4 Å². The molecule has 26 heavy (non-hydrogen) atoms. The lowest BCUT2D eigenvalue weighted by Gasteiger charge is -2.23. The fourth-order valence-corrected chi connectivity index (χ4v) is 2.34. The Labute approximate surface area is 153 Å². The van der Waals surface area contributed by atoms with Crippen LogP contribution in [0.15, 0.2) is 42.5 Å². The molecule has 2 amide bonds. The topological polar surface area (TPSA) is 75.3 Å². The van der Waals surface area contributed by atoms with E-state index in [-0.39, 0.29) is 11.7 Å². The summed E-state index contributed by atoms with van der Waals surface area (Å²) >= 11 is 0. The Morgan fingerprint density at radius 3 is 2.00 bits per heavy atom. The SMILES string of the molecule is CC(=O)c1ccc(NC(=O)C(C)(C)C(=O)Nc2cccc(C)c2C)cc1. The van der Waals surface area contributed by atoms with Crippen LogP contribution in [-0.2, 0) is 9.59 Å². The number of Topliss-reactive ketones (excluding diaryl/α,β-unsaturated/α-hetero) is 1. The second-order valence-electron chi connectivity index (χ2n) is 6.91. The molecule has 2 N–H and O–H groups in total. The summed E-state index contributed by atoms with van der Waals surface area (Å²) in [5, 5.41) is 5.57. The first-order valence-electron chi connectivity index (χ1n) is 8.43. The van der Waals surface area contributed by atoms with E-state index in [0.29, 0.717) is 16.9 Å². The molecule has 0 bridgehead atoms. The minimum Gasteiger partial charge on any atom is -0.325 e. The highest BCUT2D eigenvalue weighted by Crippen LogP contribution is 2.24. The third-order valence-electron chi connectivity index (χ3n) is 4.54. The highest BCUT2D eigenvalue weighted by molar-refractivity contribution is 6.14. The lowest BCUT2D eigenvalue weighted by atomic mass is 9.90. The monoisotopic (exact) mass is 352 g/mol. The van der Waals surface area contributed by atoms with Crippen molar-refractivity contribution >= 4 is 29.0 Å². The average Bonchev–Trinajstić information content (AvgIpc) is 2.59. The predicted octanol–water partition coefficient (Wildman–Crippen LogP) is 4.11. The van der Waals surface area contributed by atoms with E-state index in [4.69, 9.17) is 0 Å². The summed E-state index contributed by atoms with van der Waals surface area (Å²) in [7, 11) is 0. The van der Waals surface area contributed by atoms with E-state index in [1.54, 1.807) is 38.1 Å². The lowest BCUT2D eigenvalue weighted by molar-refractivity contribution is -0.135. The van der Waals surface area contributed by atoms with Gasteiger partial charge >= 0.3 is 0 Å². The quantitative estimate of drug-likeness (QED) is 0.628. The molecule has 0 unspecified atom stereocenters. The number of rotatable bonds is 5. The van der Waals surface area contributed by atoms with Crippen LogP contribution in [0.4, 0.5) is 11.4 Å². The minimum absolute atomic E-state index is 0.0453. The maximum absolute atomic E-state index is 12.7. The second kappa shape index (κ2) is 7.52. The Bertz CT molecular complexity index is 852. The molecule has 2 aromatic rings. The van der Waals surface area contributed by atoms with E-state index in [2.05, 4.69) is 10.6 Å². The van der Waals surface area contributed by atoms with Gasteiger partial charge < -0.3 is 10.6 Å². The van der Waals surface area contributed by atoms with Crippen molar-refractivity contribution in [1.29, 1.82) is 0 Å². The standard InChI is InChI=1S/C21H24N2O3/c1-13-7-6-8-18(14(13)2)23-20(26)21(4,5)19(25)22-17-11-9-16(10-12-17)15(3)24/h6-12H,1-5H3,(H,22,25)(H,23,26). The summed E-state index contributed by atoms with van der Waals surface area (Å²) in [6.07, 6.45) is 0. The van der Waals surface area contributed by atoms with Gasteiger partial charge in [0.2, 0.25) is 11.8 Å². The number of hydrogen-bond donors (Lipinski definition) is 2. The summed E-state index contributed by atoms with van der Waals surface area (Å²) in [6.45, 7) is 8.52. The summed E-state index contributed by atoms with van der Waals surface area (Å²) < 4.78 is 0. The van der Waals surface area contributed by atoms with Gasteiger partial charge in [0.25, 0.3) is 0 Å². The first-order valence-corrected chi connectivity index (χ1v) is 8.43. The van der Waals surface area contributed by atoms with Gasteiger partial charge in [0.1, 0.15) is 5.41 Å².